The minimum Gasteiger partial charge on any atom is -0.335 e. The molecule has 1 fully saturated rings. The molecule has 1 heterocycles. The minimum atomic E-state index is -0.919. The van der Waals surface area contributed by atoms with Crippen molar-refractivity contribution in [1.29, 1.82) is 0 Å². The summed E-state index contributed by atoms with van der Waals surface area (Å²) in [5.41, 5.74) is 0.763. The largest absolute Gasteiger partial charge is 0.335 e. The number of piperidine rings is 1. The highest BCUT2D eigenvalue weighted by Gasteiger charge is 2.25. The van der Waals surface area contributed by atoms with Crippen molar-refractivity contribution in [3.63, 3.8) is 0 Å². The Hall–Kier alpha value is -0.920. The number of urea groups is 1. The van der Waals surface area contributed by atoms with Gasteiger partial charge in [0.15, 0.2) is 0 Å². The predicted octanol–water partition coefficient (Wildman–Crippen LogP) is 3.11. The van der Waals surface area contributed by atoms with Gasteiger partial charge in [-0.25, -0.2) is 13.3 Å². The average Bonchev–Trinajstić information content (AvgIpc) is 2.49. The van der Waals surface area contributed by atoms with Gasteiger partial charge in [-0.3, -0.25) is 0 Å². The molecule has 22 heavy (non-hydrogen) atoms. The Morgan fingerprint density at radius 3 is 2.41 bits per heavy atom. The van der Waals surface area contributed by atoms with E-state index in [2.05, 4.69) is 26.6 Å². The Bertz CT molecular complexity index is 528. The van der Waals surface area contributed by atoms with Crippen molar-refractivity contribution in [2.24, 2.45) is 0 Å². The number of hydrogen-bond donors (Lipinski definition) is 2. The second-order valence-electron chi connectivity index (χ2n) is 5.63. The van der Waals surface area contributed by atoms with Crippen LogP contribution >= 0.6 is 15.9 Å². The summed E-state index contributed by atoms with van der Waals surface area (Å²) in [4.78, 5) is 12.0. The van der Waals surface area contributed by atoms with Crippen LogP contribution in [0.2, 0.25) is 0 Å². The fourth-order valence-electron chi connectivity index (χ4n) is 2.36. The molecule has 1 aromatic carbocycles. The van der Waals surface area contributed by atoms with Crippen LogP contribution < -0.4 is 10.6 Å². The normalized spacial score (nSPS) is 18.2. The van der Waals surface area contributed by atoms with Crippen molar-refractivity contribution in [3.8, 4) is 0 Å². The molecule has 2 rings (SSSR count). The Kier molecular flexibility index (Phi) is 6.40. The monoisotopic (exact) mass is 387 g/mol. The molecule has 1 aromatic rings. The molecule has 0 aromatic heterocycles. The van der Waals surface area contributed by atoms with E-state index in [-0.39, 0.29) is 17.3 Å². The Morgan fingerprint density at radius 1 is 1.27 bits per heavy atom. The molecule has 0 aliphatic carbocycles. The summed E-state index contributed by atoms with van der Waals surface area (Å²) in [5.74, 6) is 0. The van der Waals surface area contributed by atoms with Gasteiger partial charge in [-0.05, 0) is 51.0 Å². The summed E-state index contributed by atoms with van der Waals surface area (Å²) in [6.45, 7) is 5.44. The molecule has 122 valence electrons. The molecule has 1 aliphatic heterocycles. The minimum absolute atomic E-state index is 0.135. The quantitative estimate of drug-likeness (QED) is 0.833. The SMILES string of the molecule is CC(C)S(=O)N1CCC(NC(=O)Nc2ccc(Br)cc2)CC1. The van der Waals surface area contributed by atoms with E-state index in [9.17, 15) is 9.00 Å². The van der Waals surface area contributed by atoms with Gasteiger partial charge in [-0.1, -0.05) is 15.9 Å². The van der Waals surface area contributed by atoms with Gasteiger partial charge in [0.1, 0.15) is 0 Å². The van der Waals surface area contributed by atoms with Crippen LogP contribution in [0, 0.1) is 0 Å². The third-order valence-corrected chi connectivity index (χ3v) is 5.76. The fourth-order valence-corrected chi connectivity index (χ4v) is 3.80. The van der Waals surface area contributed by atoms with Crippen LogP contribution in [0.25, 0.3) is 0 Å². The van der Waals surface area contributed by atoms with Crippen LogP contribution in [0.15, 0.2) is 28.7 Å². The highest BCUT2D eigenvalue weighted by atomic mass is 79.9. The highest BCUT2D eigenvalue weighted by molar-refractivity contribution is 9.10. The average molecular weight is 388 g/mol. The molecule has 1 unspecified atom stereocenters. The maximum atomic E-state index is 12.0. The predicted molar refractivity (Wildman–Crippen MR) is 94.2 cm³/mol. The van der Waals surface area contributed by atoms with Gasteiger partial charge in [0, 0.05) is 34.5 Å². The molecular formula is C15H22BrN3O2S. The van der Waals surface area contributed by atoms with Crippen molar-refractivity contribution >= 4 is 38.6 Å². The summed E-state index contributed by atoms with van der Waals surface area (Å²) >= 11 is 3.36. The first-order valence-electron chi connectivity index (χ1n) is 7.44. The van der Waals surface area contributed by atoms with Crippen molar-refractivity contribution in [2.75, 3.05) is 18.4 Å². The molecule has 0 spiro atoms. The van der Waals surface area contributed by atoms with Gasteiger partial charge >= 0.3 is 6.03 Å². The topological polar surface area (TPSA) is 61.4 Å². The number of amides is 2. The van der Waals surface area contributed by atoms with Crippen molar-refractivity contribution < 1.29 is 9.00 Å². The first kappa shape index (κ1) is 17.4. The van der Waals surface area contributed by atoms with E-state index in [1.54, 1.807) is 0 Å². The first-order chi connectivity index (χ1) is 10.5. The second kappa shape index (κ2) is 8.08. The van der Waals surface area contributed by atoms with Gasteiger partial charge in [-0.15, -0.1) is 0 Å². The lowest BCUT2D eigenvalue weighted by atomic mass is 10.1. The van der Waals surface area contributed by atoms with E-state index in [0.29, 0.717) is 0 Å². The van der Waals surface area contributed by atoms with Crippen LogP contribution in [-0.4, -0.2) is 38.9 Å². The third-order valence-electron chi connectivity index (χ3n) is 3.55. The molecule has 7 heteroatoms. The van der Waals surface area contributed by atoms with Gasteiger partial charge in [0.05, 0.1) is 11.0 Å². The lowest BCUT2D eigenvalue weighted by Gasteiger charge is -2.32. The third kappa shape index (κ3) is 5.07. The molecule has 0 saturated carbocycles. The van der Waals surface area contributed by atoms with Crippen molar-refractivity contribution in [1.82, 2.24) is 9.62 Å². The Balaban J connectivity index is 1.77. The zero-order valence-corrected chi connectivity index (χ0v) is 15.2. The van der Waals surface area contributed by atoms with E-state index in [0.717, 1.165) is 36.1 Å². The van der Waals surface area contributed by atoms with Crippen LogP contribution in [0.5, 0.6) is 0 Å². The number of nitrogens with zero attached hydrogens (tertiary/aromatic N) is 1. The van der Waals surface area contributed by atoms with E-state index in [1.165, 1.54) is 0 Å². The molecule has 0 radical (unpaired) electrons. The van der Waals surface area contributed by atoms with Crippen LogP contribution in [0.4, 0.5) is 10.5 Å². The number of hydrogen-bond acceptors (Lipinski definition) is 2. The molecule has 1 saturated heterocycles. The lowest BCUT2D eigenvalue weighted by molar-refractivity contribution is 0.239. The van der Waals surface area contributed by atoms with Crippen LogP contribution in [0.1, 0.15) is 26.7 Å². The number of carbonyl (C=O) groups excluding carboxylic acids is 1. The van der Waals surface area contributed by atoms with E-state index >= 15 is 0 Å². The molecule has 2 N–H and O–H groups in total. The van der Waals surface area contributed by atoms with Gasteiger partial charge in [0.25, 0.3) is 0 Å². The van der Waals surface area contributed by atoms with Gasteiger partial charge in [-0.2, -0.15) is 0 Å². The number of halogens is 1. The Labute approximate surface area is 142 Å². The molecular weight excluding hydrogens is 366 g/mol. The highest BCUT2D eigenvalue weighted by Crippen LogP contribution is 2.16. The van der Waals surface area contributed by atoms with Crippen LogP contribution in [-0.2, 0) is 11.0 Å². The van der Waals surface area contributed by atoms with Gasteiger partial charge in [0.2, 0.25) is 0 Å². The summed E-state index contributed by atoms with van der Waals surface area (Å²) in [7, 11) is -0.919. The fraction of sp³-hybridized carbons (Fsp3) is 0.533. The number of nitrogens with one attached hydrogen (secondary N) is 2. The number of anilines is 1. The zero-order chi connectivity index (χ0) is 16.1. The standard InChI is InChI=1S/C15H22BrN3O2S/c1-11(2)22(21)19-9-7-14(8-10-19)18-15(20)17-13-5-3-12(16)4-6-13/h3-6,11,14H,7-10H2,1-2H3,(H2,17,18,20). The van der Waals surface area contributed by atoms with E-state index in [1.807, 2.05) is 42.4 Å². The lowest BCUT2D eigenvalue weighted by Crippen LogP contribution is -2.47. The number of carbonyl (C=O) groups is 1. The van der Waals surface area contributed by atoms with Crippen molar-refractivity contribution in [2.45, 2.75) is 38.0 Å². The molecule has 1 aliphatic rings. The maximum absolute atomic E-state index is 12.0. The summed E-state index contributed by atoms with van der Waals surface area (Å²) in [6, 6.07) is 7.41. The Morgan fingerprint density at radius 2 is 1.86 bits per heavy atom. The zero-order valence-electron chi connectivity index (χ0n) is 12.8. The summed E-state index contributed by atoms with van der Waals surface area (Å²) < 4.78 is 15.0. The second-order valence-corrected chi connectivity index (χ2v) is 8.56. The van der Waals surface area contributed by atoms with Crippen LogP contribution in [0.3, 0.4) is 0 Å². The van der Waals surface area contributed by atoms with E-state index < -0.39 is 11.0 Å². The van der Waals surface area contributed by atoms with Crippen molar-refractivity contribution in [3.05, 3.63) is 28.7 Å². The van der Waals surface area contributed by atoms with Gasteiger partial charge < -0.3 is 10.6 Å². The molecule has 1 atom stereocenters. The smallest absolute Gasteiger partial charge is 0.319 e. The van der Waals surface area contributed by atoms with E-state index in [4.69, 9.17) is 0 Å². The molecule has 2 amide bonds. The number of rotatable bonds is 4. The number of benzene rings is 1. The first-order valence-corrected chi connectivity index (χ1v) is 9.40. The summed E-state index contributed by atoms with van der Waals surface area (Å²) in [6.07, 6.45) is 1.65. The summed E-state index contributed by atoms with van der Waals surface area (Å²) in [5, 5.41) is 5.95. The molecule has 5 nitrogen and oxygen atoms in total. The maximum Gasteiger partial charge on any atom is 0.319 e. The molecule has 0 bridgehead atoms.